The summed E-state index contributed by atoms with van der Waals surface area (Å²) in [5.74, 6) is 1.14. The lowest BCUT2D eigenvalue weighted by atomic mass is 10.1. The van der Waals surface area contributed by atoms with Gasteiger partial charge in [0.25, 0.3) is 0 Å². The fourth-order valence-corrected chi connectivity index (χ4v) is 2.43. The van der Waals surface area contributed by atoms with E-state index >= 15 is 0 Å². The minimum Gasteiger partial charge on any atom is -0.493 e. The third-order valence-corrected chi connectivity index (χ3v) is 3.68. The monoisotopic (exact) mass is 320 g/mol. The van der Waals surface area contributed by atoms with E-state index in [9.17, 15) is 4.79 Å². The van der Waals surface area contributed by atoms with Crippen LogP contribution in [-0.2, 0) is 9.53 Å². The second-order valence-corrected chi connectivity index (χ2v) is 5.16. The second-order valence-electron chi connectivity index (χ2n) is 5.16. The number of methoxy groups -OCH3 is 2. The molecule has 1 amide bonds. The fourth-order valence-electron chi connectivity index (χ4n) is 2.43. The molecule has 1 heterocycles. The van der Waals surface area contributed by atoms with E-state index in [1.165, 1.54) is 6.08 Å². The molecule has 1 N–H and O–H groups in total. The van der Waals surface area contributed by atoms with Crippen LogP contribution in [0.1, 0.15) is 5.56 Å². The molecule has 0 aliphatic carbocycles. The molecule has 0 saturated carbocycles. The summed E-state index contributed by atoms with van der Waals surface area (Å²) in [7, 11) is 3.17. The first-order valence-electron chi connectivity index (χ1n) is 7.71. The molecule has 0 atom stereocenters. The van der Waals surface area contributed by atoms with Crippen molar-refractivity contribution in [2.45, 2.75) is 0 Å². The van der Waals surface area contributed by atoms with Gasteiger partial charge in [0.15, 0.2) is 11.5 Å². The Hall–Kier alpha value is -2.05. The van der Waals surface area contributed by atoms with Crippen molar-refractivity contribution in [3.8, 4) is 11.5 Å². The number of carbonyl (C=O) groups is 1. The van der Waals surface area contributed by atoms with Crippen molar-refractivity contribution in [3.05, 3.63) is 29.8 Å². The maximum absolute atomic E-state index is 11.9. The van der Waals surface area contributed by atoms with E-state index in [1.807, 2.05) is 18.2 Å². The Bertz CT molecular complexity index is 539. The van der Waals surface area contributed by atoms with Crippen LogP contribution in [0.5, 0.6) is 11.5 Å². The van der Waals surface area contributed by atoms with Crippen molar-refractivity contribution in [1.29, 1.82) is 0 Å². The molecular formula is C17H24N2O4. The van der Waals surface area contributed by atoms with Crippen LogP contribution < -0.4 is 14.8 Å². The first-order valence-corrected chi connectivity index (χ1v) is 7.71. The Morgan fingerprint density at radius 2 is 2.09 bits per heavy atom. The summed E-state index contributed by atoms with van der Waals surface area (Å²) in [5.41, 5.74) is 0.801. The van der Waals surface area contributed by atoms with Crippen molar-refractivity contribution in [1.82, 2.24) is 10.2 Å². The number of hydrogen-bond donors (Lipinski definition) is 1. The fraction of sp³-hybridized carbons (Fsp3) is 0.471. The molecule has 0 spiro atoms. The van der Waals surface area contributed by atoms with Crippen molar-refractivity contribution in [2.75, 3.05) is 53.6 Å². The molecule has 0 bridgehead atoms. The normalized spacial score (nSPS) is 15.6. The maximum atomic E-state index is 11.9. The number of rotatable bonds is 7. The van der Waals surface area contributed by atoms with Gasteiger partial charge in [-0.2, -0.15) is 0 Å². The van der Waals surface area contributed by atoms with Gasteiger partial charge in [-0.1, -0.05) is 12.1 Å². The number of para-hydroxylation sites is 1. The Morgan fingerprint density at radius 3 is 2.78 bits per heavy atom. The highest BCUT2D eigenvalue weighted by atomic mass is 16.5. The SMILES string of the molecule is COc1cccc(/C=C/C(=O)NCCN2CCOCC2)c1OC. The van der Waals surface area contributed by atoms with Crippen molar-refractivity contribution in [3.63, 3.8) is 0 Å². The first-order chi connectivity index (χ1) is 11.2. The highest BCUT2D eigenvalue weighted by Crippen LogP contribution is 2.31. The molecule has 1 aromatic carbocycles. The van der Waals surface area contributed by atoms with Crippen molar-refractivity contribution < 1.29 is 19.0 Å². The van der Waals surface area contributed by atoms with E-state index in [0.29, 0.717) is 18.0 Å². The lowest BCUT2D eigenvalue weighted by molar-refractivity contribution is -0.116. The van der Waals surface area contributed by atoms with Gasteiger partial charge in [-0.25, -0.2) is 0 Å². The minimum atomic E-state index is -0.122. The van der Waals surface area contributed by atoms with Crippen molar-refractivity contribution >= 4 is 12.0 Å². The summed E-state index contributed by atoms with van der Waals surface area (Å²) in [4.78, 5) is 14.2. The molecule has 0 radical (unpaired) electrons. The Balaban J connectivity index is 1.83. The first kappa shape index (κ1) is 17.3. The molecule has 1 aliphatic heterocycles. The number of hydrogen-bond acceptors (Lipinski definition) is 5. The predicted molar refractivity (Wildman–Crippen MR) is 88.8 cm³/mol. The van der Waals surface area contributed by atoms with Gasteiger partial charge in [0.2, 0.25) is 5.91 Å². The van der Waals surface area contributed by atoms with Gasteiger partial charge in [0.1, 0.15) is 0 Å². The van der Waals surface area contributed by atoms with Crippen LogP contribution in [0.4, 0.5) is 0 Å². The second kappa shape index (κ2) is 9.17. The number of morpholine rings is 1. The smallest absolute Gasteiger partial charge is 0.244 e. The number of amides is 1. The zero-order valence-electron chi connectivity index (χ0n) is 13.7. The largest absolute Gasteiger partial charge is 0.493 e. The van der Waals surface area contributed by atoms with Crippen LogP contribution in [0.25, 0.3) is 6.08 Å². The highest BCUT2D eigenvalue weighted by molar-refractivity contribution is 5.92. The van der Waals surface area contributed by atoms with Crippen LogP contribution in [0.15, 0.2) is 24.3 Å². The summed E-state index contributed by atoms with van der Waals surface area (Å²) in [6.45, 7) is 4.84. The Kier molecular flexibility index (Phi) is 6.90. The Morgan fingerprint density at radius 1 is 1.30 bits per heavy atom. The van der Waals surface area contributed by atoms with E-state index in [0.717, 1.165) is 38.4 Å². The van der Waals surface area contributed by atoms with Crippen molar-refractivity contribution in [2.24, 2.45) is 0 Å². The number of carbonyl (C=O) groups excluding carboxylic acids is 1. The van der Waals surface area contributed by atoms with E-state index in [1.54, 1.807) is 20.3 Å². The third kappa shape index (κ3) is 5.26. The van der Waals surface area contributed by atoms with E-state index in [4.69, 9.17) is 14.2 Å². The number of ether oxygens (including phenoxy) is 3. The standard InChI is InChI=1S/C17H24N2O4/c1-21-15-5-3-4-14(17(15)22-2)6-7-16(20)18-8-9-19-10-12-23-13-11-19/h3-7H,8-13H2,1-2H3,(H,18,20)/b7-6+. The average Bonchev–Trinajstić information content (AvgIpc) is 2.60. The molecule has 23 heavy (non-hydrogen) atoms. The van der Waals surface area contributed by atoms with Crippen LogP contribution >= 0.6 is 0 Å². The van der Waals surface area contributed by atoms with Gasteiger partial charge in [-0.15, -0.1) is 0 Å². The zero-order valence-corrected chi connectivity index (χ0v) is 13.7. The molecule has 0 aromatic heterocycles. The average molecular weight is 320 g/mol. The molecule has 1 aromatic rings. The minimum absolute atomic E-state index is 0.122. The van der Waals surface area contributed by atoms with Gasteiger partial charge in [0, 0.05) is 37.8 Å². The summed E-state index contributed by atoms with van der Waals surface area (Å²) < 4.78 is 15.9. The molecule has 1 fully saturated rings. The quantitative estimate of drug-likeness (QED) is 0.764. The topological polar surface area (TPSA) is 60.0 Å². The van der Waals surface area contributed by atoms with Gasteiger partial charge in [0.05, 0.1) is 27.4 Å². The van der Waals surface area contributed by atoms with Gasteiger partial charge in [-0.05, 0) is 12.1 Å². The van der Waals surface area contributed by atoms with E-state index < -0.39 is 0 Å². The lowest BCUT2D eigenvalue weighted by Gasteiger charge is -2.26. The van der Waals surface area contributed by atoms with Crippen LogP contribution in [0.2, 0.25) is 0 Å². The predicted octanol–water partition coefficient (Wildman–Crippen LogP) is 1.17. The molecule has 0 unspecified atom stereocenters. The molecule has 2 rings (SSSR count). The molecule has 1 aliphatic rings. The van der Waals surface area contributed by atoms with E-state index in [-0.39, 0.29) is 5.91 Å². The molecule has 1 saturated heterocycles. The Labute approximate surface area is 137 Å². The third-order valence-electron chi connectivity index (χ3n) is 3.68. The lowest BCUT2D eigenvalue weighted by Crippen LogP contribution is -2.41. The molecular weight excluding hydrogens is 296 g/mol. The summed E-state index contributed by atoms with van der Waals surface area (Å²) >= 11 is 0. The van der Waals surface area contributed by atoms with Crippen LogP contribution in [0.3, 0.4) is 0 Å². The van der Waals surface area contributed by atoms with Crippen LogP contribution in [-0.4, -0.2) is 64.4 Å². The summed E-state index contributed by atoms with van der Waals surface area (Å²) in [6, 6.07) is 5.55. The highest BCUT2D eigenvalue weighted by Gasteiger charge is 2.10. The van der Waals surface area contributed by atoms with Gasteiger partial charge in [-0.3, -0.25) is 9.69 Å². The molecule has 6 nitrogen and oxygen atoms in total. The number of nitrogens with zero attached hydrogens (tertiary/aromatic N) is 1. The molecule has 126 valence electrons. The maximum Gasteiger partial charge on any atom is 0.244 e. The number of benzene rings is 1. The van der Waals surface area contributed by atoms with Crippen LogP contribution in [0, 0.1) is 0 Å². The number of nitrogens with one attached hydrogen (secondary N) is 1. The zero-order chi connectivity index (χ0) is 16.5. The van der Waals surface area contributed by atoms with E-state index in [2.05, 4.69) is 10.2 Å². The van der Waals surface area contributed by atoms with Gasteiger partial charge < -0.3 is 19.5 Å². The van der Waals surface area contributed by atoms with Gasteiger partial charge >= 0.3 is 0 Å². The summed E-state index contributed by atoms with van der Waals surface area (Å²) in [5, 5.41) is 2.89. The summed E-state index contributed by atoms with van der Waals surface area (Å²) in [6.07, 6.45) is 3.24. The molecule has 6 heteroatoms.